The summed E-state index contributed by atoms with van der Waals surface area (Å²) in [6, 6.07) is 11.6. The maximum atomic E-state index is 13.0. The van der Waals surface area contributed by atoms with Gasteiger partial charge in [0.15, 0.2) is 6.61 Å². The zero-order valence-corrected chi connectivity index (χ0v) is 17.0. The molecule has 1 amide bonds. The van der Waals surface area contributed by atoms with Gasteiger partial charge in [-0.3, -0.25) is 19.9 Å². The lowest BCUT2D eigenvalue weighted by Crippen LogP contribution is -2.23. The molecular formula is C23H21N3O5. The summed E-state index contributed by atoms with van der Waals surface area (Å²) in [4.78, 5) is 40.5. The van der Waals surface area contributed by atoms with E-state index in [4.69, 9.17) is 9.72 Å². The molecule has 1 aromatic heterocycles. The maximum absolute atomic E-state index is 13.0. The number of nitro benzene ring substituents is 1. The van der Waals surface area contributed by atoms with E-state index in [0.717, 1.165) is 42.5 Å². The summed E-state index contributed by atoms with van der Waals surface area (Å²) < 4.78 is 5.34. The van der Waals surface area contributed by atoms with Crippen LogP contribution in [0.4, 0.5) is 11.4 Å². The molecule has 0 saturated carbocycles. The second-order valence-corrected chi connectivity index (χ2v) is 7.52. The number of carbonyl (C=O) groups excluding carboxylic acids is 2. The molecule has 0 spiro atoms. The second-order valence-electron chi connectivity index (χ2n) is 7.52. The molecule has 2 aromatic carbocycles. The number of para-hydroxylation sites is 1. The number of amides is 1. The Labute approximate surface area is 178 Å². The van der Waals surface area contributed by atoms with Gasteiger partial charge in [0.05, 0.1) is 21.7 Å². The SMILES string of the molecule is Cc1ccc([N+](=O)[O-])cc1NC(=O)COC(=O)c1c2c(nc3ccccc13)CCCC2. The van der Waals surface area contributed by atoms with Gasteiger partial charge in [-0.15, -0.1) is 0 Å². The van der Waals surface area contributed by atoms with Gasteiger partial charge < -0.3 is 10.1 Å². The number of nitro groups is 1. The van der Waals surface area contributed by atoms with Crippen LogP contribution in [0.2, 0.25) is 0 Å². The summed E-state index contributed by atoms with van der Waals surface area (Å²) in [5, 5.41) is 14.3. The van der Waals surface area contributed by atoms with Crippen LogP contribution in [0.1, 0.15) is 40.0 Å². The van der Waals surface area contributed by atoms with E-state index >= 15 is 0 Å². The number of carbonyl (C=O) groups is 2. The van der Waals surface area contributed by atoms with Crippen molar-refractivity contribution in [3.8, 4) is 0 Å². The lowest BCUT2D eigenvalue weighted by Gasteiger charge is -2.20. The standard InChI is InChI=1S/C23H21N3O5/c1-14-10-11-15(26(29)30)12-20(14)25-21(27)13-31-23(28)22-16-6-2-4-8-18(16)24-19-9-5-3-7-17(19)22/h2,4,6,8,10-12H,3,5,7,9,13H2,1H3,(H,25,27). The monoisotopic (exact) mass is 419 g/mol. The summed E-state index contributed by atoms with van der Waals surface area (Å²) >= 11 is 0. The Hall–Kier alpha value is -3.81. The summed E-state index contributed by atoms with van der Waals surface area (Å²) in [5.41, 5.74) is 3.85. The molecule has 1 aliphatic carbocycles. The molecule has 158 valence electrons. The molecular weight excluding hydrogens is 398 g/mol. The zero-order valence-electron chi connectivity index (χ0n) is 17.0. The Morgan fingerprint density at radius 3 is 2.74 bits per heavy atom. The predicted octanol–water partition coefficient (Wildman–Crippen LogP) is 4.13. The summed E-state index contributed by atoms with van der Waals surface area (Å²) in [5.74, 6) is -1.13. The molecule has 0 atom stereocenters. The molecule has 1 aliphatic rings. The first-order valence-corrected chi connectivity index (χ1v) is 10.1. The van der Waals surface area contributed by atoms with Gasteiger partial charge in [0.25, 0.3) is 11.6 Å². The molecule has 0 bridgehead atoms. The van der Waals surface area contributed by atoms with E-state index in [1.165, 1.54) is 12.1 Å². The fraction of sp³-hybridized carbons (Fsp3) is 0.261. The van der Waals surface area contributed by atoms with Gasteiger partial charge in [0, 0.05) is 23.2 Å². The van der Waals surface area contributed by atoms with Crippen LogP contribution in [0.3, 0.4) is 0 Å². The summed E-state index contributed by atoms with van der Waals surface area (Å²) in [6.07, 6.45) is 3.56. The summed E-state index contributed by atoms with van der Waals surface area (Å²) in [7, 11) is 0. The van der Waals surface area contributed by atoms with E-state index in [2.05, 4.69) is 5.32 Å². The van der Waals surface area contributed by atoms with Crippen molar-refractivity contribution in [2.24, 2.45) is 0 Å². The molecule has 8 nitrogen and oxygen atoms in total. The fourth-order valence-corrected chi connectivity index (χ4v) is 3.85. The fourth-order valence-electron chi connectivity index (χ4n) is 3.85. The van der Waals surface area contributed by atoms with Gasteiger partial charge in [-0.05, 0) is 49.8 Å². The smallest absolute Gasteiger partial charge is 0.339 e. The Balaban J connectivity index is 1.53. The Morgan fingerprint density at radius 2 is 1.94 bits per heavy atom. The highest BCUT2D eigenvalue weighted by Crippen LogP contribution is 2.30. The van der Waals surface area contributed by atoms with E-state index in [1.54, 1.807) is 13.0 Å². The van der Waals surface area contributed by atoms with Crippen LogP contribution in [0.5, 0.6) is 0 Å². The maximum Gasteiger partial charge on any atom is 0.339 e. The van der Waals surface area contributed by atoms with Gasteiger partial charge in [-0.25, -0.2) is 4.79 Å². The number of anilines is 1. The first-order valence-electron chi connectivity index (χ1n) is 10.1. The van der Waals surface area contributed by atoms with Gasteiger partial charge >= 0.3 is 5.97 Å². The molecule has 0 saturated heterocycles. The summed E-state index contributed by atoms with van der Waals surface area (Å²) in [6.45, 7) is 1.23. The number of fused-ring (bicyclic) bond motifs is 2. The molecule has 31 heavy (non-hydrogen) atoms. The highest BCUT2D eigenvalue weighted by molar-refractivity contribution is 6.06. The van der Waals surface area contributed by atoms with Crippen LogP contribution < -0.4 is 5.32 Å². The highest BCUT2D eigenvalue weighted by Gasteiger charge is 2.24. The number of aryl methyl sites for hydroxylation is 2. The number of hydrogen-bond acceptors (Lipinski definition) is 6. The van der Waals surface area contributed by atoms with Crippen LogP contribution in [-0.4, -0.2) is 28.4 Å². The minimum atomic E-state index is -0.567. The number of pyridine rings is 1. The van der Waals surface area contributed by atoms with Gasteiger partial charge in [-0.1, -0.05) is 24.3 Å². The van der Waals surface area contributed by atoms with Gasteiger partial charge in [0.2, 0.25) is 0 Å². The first-order chi connectivity index (χ1) is 14.9. The molecule has 0 aliphatic heterocycles. The normalized spacial score (nSPS) is 12.8. The number of non-ortho nitro benzene ring substituents is 1. The zero-order chi connectivity index (χ0) is 22.0. The molecule has 4 rings (SSSR count). The molecule has 8 heteroatoms. The van der Waals surface area contributed by atoms with Crippen molar-refractivity contribution >= 4 is 34.2 Å². The third-order valence-corrected chi connectivity index (χ3v) is 5.41. The van der Waals surface area contributed by atoms with Crippen LogP contribution in [0.25, 0.3) is 10.9 Å². The van der Waals surface area contributed by atoms with E-state index in [-0.39, 0.29) is 5.69 Å². The average molecular weight is 419 g/mol. The van der Waals surface area contributed by atoms with Crippen molar-refractivity contribution < 1.29 is 19.2 Å². The van der Waals surface area contributed by atoms with Crippen LogP contribution in [-0.2, 0) is 22.4 Å². The van der Waals surface area contributed by atoms with Crippen molar-refractivity contribution in [3.63, 3.8) is 0 Å². The van der Waals surface area contributed by atoms with Crippen LogP contribution >= 0.6 is 0 Å². The lowest BCUT2D eigenvalue weighted by molar-refractivity contribution is -0.384. The average Bonchev–Trinajstić information content (AvgIpc) is 2.77. The van der Waals surface area contributed by atoms with Crippen molar-refractivity contribution in [1.29, 1.82) is 0 Å². The van der Waals surface area contributed by atoms with Crippen molar-refractivity contribution in [2.75, 3.05) is 11.9 Å². The minimum Gasteiger partial charge on any atom is -0.452 e. The predicted molar refractivity (Wildman–Crippen MR) is 115 cm³/mol. The van der Waals surface area contributed by atoms with Crippen LogP contribution in [0.15, 0.2) is 42.5 Å². The van der Waals surface area contributed by atoms with E-state index in [0.29, 0.717) is 22.2 Å². The molecule has 0 fully saturated rings. The highest BCUT2D eigenvalue weighted by atomic mass is 16.6. The third-order valence-electron chi connectivity index (χ3n) is 5.41. The number of ether oxygens (including phenoxy) is 1. The topological polar surface area (TPSA) is 111 Å². The van der Waals surface area contributed by atoms with Gasteiger partial charge in [-0.2, -0.15) is 0 Å². The Bertz CT molecular complexity index is 1210. The van der Waals surface area contributed by atoms with E-state index in [1.807, 2.05) is 24.3 Å². The van der Waals surface area contributed by atoms with Crippen molar-refractivity contribution in [2.45, 2.75) is 32.6 Å². The molecule has 1 N–H and O–H groups in total. The number of nitrogens with one attached hydrogen (secondary N) is 1. The molecule has 0 unspecified atom stereocenters. The molecule has 1 heterocycles. The van der Waals surface area contributed by atoms with Gasteiger partial charge in [0.1, 0.15) is 0 Å². The molecule has 0 radical (unpaired) electrons. The second kappa shape index (κ2) is 8.51. The largest absolute Gasteiger partial charge is 0.452 e. The first kappa shape index (κ1) is 20.5. The number of hydrogen-bond donors (Lipinski definition) is 1. The van der Waals surface area contributed by atoms with Crippen molar-refractivity contribution in [3.05, 3.63) is 75.0 Å². The Kier molecular flexibility index (Phi) is 5.62. The van der Waals surface area contributed by atoms with Crippen molar-refractivity contribution in [1.82, 2.24) is 4.98 Å². The number of aromatic nitrogens is 1. The van der Waals surface area contributed by atoms with E-state index in [9.17, 15) is 19.7 Å². The third kappa shape index (κ3) is 4.23. The number of benzene rings is 2. The molecule has 3 aromatic rings. The van der Waals surface area contributed by atoms with Crippen LogP contribution in [0, 0.1) is 17.0 Å². The Morgan fingerprint density at radius 1 is 1.16 bits per heavy atom. The van der Waals surface area contributed by atoms with E-state index < -0.39 is 23.4 Å². The number of esters is 1. The number of nitrogens with zero attached hydrogens (tertiary/aromatic N) is 2. The quantitative estimate of drug-likeness (QED) is 0.378. The lowest BCUT2D eigenvalue weighted by atomic mass is 9.90. The minimum absolute atomic E-state index is 0.132. The number of rotatable bonds is 5.